The molecular weight excluding hydrogens is 1570 g/mol. The Morgan fingerprint density at radius 1 is 0.226 bits per heavy atom. The molecule has 0 radical (unpaired) electrons. The molecule has 0 spiro atoms. The summed E-state index contributed by atoms with van der Waals surface area (Å²) in [4.78, 5) is 0. The summed E-state index contributed by atoms with van der Waals surface area (Å²) in [5.74, 6) is 0. The SMILES string of the molecule is Brc1cccc(-c2ccc(-c3ccccc3)cc2)c1.Brc1cccc(-c2ccc(-c3ccccc3)cc2)c1.Brc1cccc(Br)c1.CC1(C)OB(B2OC(C)(C)C(C)(C)O2)OC1(C)C.CC1(C)OB(c2cccc(-c3ccc(-c4ccccc4)cc3)c2)OC1(C)C.OB(O)c1ccc(-c2ccccc2)cc1. The molecule has 0 aliphatic carbocycles. The Kier molecular flexibility index (Phi) is 27.6. The highest BCUT2D eigenvalue weighted by atomic mass is 79.9. The molecule has 0 bridgehead atoms. The van der Waals surface area contributed by atoms with E-state index < -0.39 is 21.1 Å². The summed E-state index contributed by atoms with van der Waals surface area (Å²) in [7, 11) is -2.68. The first-order valence-corrected chi connectivity index (χ1v) is 38.7. The van der Waals surface area contributed by atoms with Gasteiger partial charge >= 0.3 is 28.3 Å². The van der Waals surface area contributed by atoms with Crippen molar-refractivity contribution in [3.05, 3.63) is 333 Å². The van der Waals surface area contributed by atoms with E-state index in [0.717, 1.165) is 34.5 Å². The third kappa shape index (κ3) is 21.7. The first-order chi connectivity index (χ1) is 50.4. The van der Waals surface area contributed by atoms with Crippen molar-refractivity contribution in [3.63, 3.8) is 0 Å². The minimum absolute atomic E-state index is 0.328. The highest BCUT2D eigenvalue weighted by Gasteiger charge is 2.64. The van der Waals surface area contributed by atoms with Gasteiger partial charge in [0.15, 0.2) is 0 Å². The van der Waals surface area contributed by atoms with E-state index in [0.29, 0.717) is 5.46 Å². The third-order valence-electron chi connectivity index (χ3n) is 19.9. The van der Waals surface area contributed by atoms with Crippen LogP contribution in [0.4, 0.5) is 0 Å². The van der Waals surface area contributed by atoms with Crippen molar-refractivity contribution in [3.8, 4) is 77.9 Å². The van der Waals surface area contributed by atoms with Crippen molar-refractivity contribution in [1.82, 2.24) is 0 Å². The highest BCUT2D eigenvalue weighted by molar-refractivity contribution is 9.11. The molecule has 15 rings (SSSR count). The quantitative estimate of drug-likeness (QED) is 0.131. The third-order valence-corrected chi connectivity index (χ3v) is 21.9. The van der Waals surface area contributed by atoms with Crippen LogP contribution in [0.15, 0.2) is 333 Å². The summed E-state index contributed by atoms with van der Waals surface area (Å²) in [6, 6.07) is 108. The second-order valence-corrected chi connectivity index (χ2v) is 32.8. The molecule has 0 atom stereocenters. The Labute approximate surface area is 663 Å². The fourth-order valence-corrected chi connectivity index (χ4v) is 13.5. The van der Waals surface area contributed by atoms with Crippen LogP contribution in [0.25, 0.3) is 77.9 Å². The molecule has 3 saturated heterocycles. The second-order valence-electron chi connectivity index (χ2n) is 29.1. The topological polar surface area (TPSA) is 95.8 Å². The lowest BCUT2D eigenvalue weighted by atomic mass is 9.49. The van der Waals surface area contributed by atoms with E-state index in [9.17, 15) is 0 Å². The van der Waals surface area contributed by atoms with Crippen molar-refractivity contribution in [1.29, 1.82) is 0 Å². The predicted octanol–water partition coefficient (Wildman–Crippen LogP) is 23.4. The molecule has 12 aromatic carbocycles. The summed E-state index contributed by atoms with van der Waals surface area (Å²) in [5, 5.41) is 17.9. The first kappa shape index (κ1) is 81.0. The van der Waals surface area contributed by atoms with Crippen molar-refractivity contribution in [2.45, 2.75) is 117 Å². The van der Waals surface area contributed by atoms with Gasteiger partial charge in [-0.05, 0) is 214 Å². The van der Waals surface area contributed by atoms with E-state index >= 15 is 0 Å². The summed E-state index contributed by atoms with van der Waals surface area (Å²) < 4.78 is 40.7. The van der Waals surface area contributed by atoms with E-state index in [1.165, 1.54) is 66.8 Å². The summed E-state index contributed by atoms with van der Waals surface area (Å²) in [6.07, 6.45) is 0. The highest BCUT2D eigenvalue weighted by Crippen LogP contribution is 2.44. The van der Waals surface area contributed by atoms with Gasteiger partial charge in [0, 0.05) is 17.9 Å². The molecule has 3 fully saturated rings. The van der Waals surface area contributed by atoms with Gasteiger partial charge < -0.3 is 38.0 Å². The summed E-state index contributed by atoms with van der Waals surface area (Å²) >= 11 is 13.7. The van der Waals surface area contributed by atoms with Gasteiger partial charge in [-0.25, -0.2) is 0 Å². The smallest absolute Gasteiger partial charge is 0.423 e. The van der Waals surface area contributed by atoms with Gasteiger partial charge in [-0.1, -0.05) is 337 Å². The van der Waals surface area contributed by atoms with Crippen LogP contribution in [0.2, 0.25) is 0 Å². The largest absolute Gasteiger partial charge is 0.494 e. The van der Waals surface area contributed by atoms with Crippen LogP contribution in [0.1, 0.15) is 83.1 Å². The average Bonchev–Trinajstić information content (AvgIpc) is 1.60. The van der Waals surface area contributed by atoms with Gasteiger partial charge in [0.25, 0.3) is 0 Å². The molecule has 106 heavy (non-hydrogen) atoms. The van der Waals surface area contributed by atoms with Crippen molar-refractivity contribution < 1.29 is 38.0 Å². The molecule has 3 aliphatic rings. The van der Waals surface area contributed by atoms with Crippen LogP contribution in [0.3, 0.4) is 0 Å². The fourth-order valence-electron chi connectivity index (χ4n) is 11.6. The molecule has 538 valence electrons. The molecule has 0 saturated carbocycles. The molecule has 2 N–H and O–H groups in total. The zero-order chi connectivity index (χ0) is 75.9. The molecule has 0 amide bonds. The Balaban J connectivity index is 0.000000140. The Morgan fingerprint density at radius 2 is 0.434 bits per heavy atom. The van der Waals surface area contributed by atoms with E-state index in [-0.39, 0.29) is 40.7 Å². The number of halogens is 4. The molecule has 3 heterocycles. The number of hydrogen-bond acceptors (Lipinski definition) is 8. The van der Waals surface area contributed by atoms with Crippen LogP contribution in [-0.4, -0.2) is 71.9 Å². The molecular formula is C90H90B4Br4O8. The number of benzene rings is 12. The van der Waals surface area contributed by atoms with E-state index in [1.807, 2.05) is 152 Å². The second kappa shape index (κ2) is 36.1. The molecule has 8 nitrogen and oxygen atoms in total. The number of hydrogen-bond donors (Lipinski definition) is 2. The first-order valence-electron chi connectivity index (χ1n) is 35.5. The Hall–Kier alpha value is -7.50. The van der Waals surface area contributed by atoms with Crippen LogP contribution in [0, 0.1) is 0 Å². The van der Waals surface area contributed by atoms with E-state index in [2.05, 4.69) is 298 Å². The van der Waals surface area contributed by atoms with Crippen LogP contribution < -0.4 is 10.9 Å². The van der Waals surface area contributed by atoms with E-state index in [1.54, 1.807) is 12.1 Å². The van der Waals surface area contributed by atoms with Gasteiger partial charge in [0.2, 0.25) is 0 Å². The lowest BCUT2D eigenvalue weighted by molar-refractivity contribution is 0.00578. The predicted molar refractivity (Wildman–Crippen MR) is 459 cm³/mol. The van der Waals surface area contributed by atoms with Crippen molar-refractivity contribution in [2.24, 2.45) is 0 Å². The number of rotatable bonds is 10. The zero-order valence-electron chi connectivity index (χ0n) is 62.2. The monoisotopic (exact) mass is 1660 g/mol. The zero-order valence-corrected chi connectivity index (χ0v) is 68.5. The maximum Gasteiger partial charge on any atom is 0.494 e. The molecule has 0 aromatic heterocycles. The van der Waals surface area contributed by atoms with Crippen LogP contribution in [0.5, 0.6) is 0 Å². The van der Waals surface area contributed by atoms with Crippen molar-refractivity contribution >= 4 is 103 Å². The lowest BCUT2D eigenvalue weighted by Crippen LogP contribution is -2.41. The molecule has 12 aromatic rings. The normalized spacial score (nSPS) is 15.8. The van der Waals surface area contributed by atoms with Gasteiger partial charge in [0.1, 0.15) is 0 Å². The Morgan fingerprint density at radius 3 is 0.689 bits per heavy atom. The molecule has 0 unspecified atom stereocenters. The maximum atomic E-state index is 8.94. The van der Waals surface area contributed by atoms with Crippen molar-refractivity contribution in [2.75, 3.05) is 0 Å². The van der Waals surface area contributed by atoms with Crippen LogP contribution >= 0.6 is 63.7 Å². The van der Waals surface area contributed by atoms with Gasteiger partial charge in [0.05, 0.1) is 33.6 Å². The minimum Gasteiger partial charge on any atom is -0.423 e. The Bertz CT molecular complexity index is 4520. The average molecular weight is 1660 g/mol. The van der Waals surface area contributed by atoms with Gasteiger partial charge in [-0.3, -0.25) is 0 Å². The summed E-state index contributed by atoms with van der Waals surface area (Å²) in [6.45, 7) is 24.5. The minimum atomic E-state index is -1.39. The summed E-state index contributed by atoms with van der Waals surface area (Å²) in [5.41, 5.74) is 16.4. The maximum absolute atomic E-state index is 8.94. The standard InChI is InChI=1S/C24H25BO2.2C18H13Br.C12H24B2O4.C12H11BO2.C6H4Br2/c1-23(2)24(3,4)27-25(26-23)22-12-8-11-21(17-22)20-15-13-19(14-16-20)18-9-6-5-7-10-18;2*19-18-8-4-7-17(13-18)16-11-9-15(10-12-16)14-5-2-1-3-6-14;1-9(2)10(3,4)16-13(15-9)14-17-11(5,6)12(7,8)18-14;14-13(15)12-8-6-11(7-9-12)10-4-2-1-3-5-10;7-5-2-1-3-6(8)4-5/h5-17H,1-4H3;2*1-13H;1-8H3;1-9,14-15H;1-4H. The van der Waals surface area contributed by atoms with Gasteiger partial charge in [-0.2, -0.15) is 0 Å². The lowest BCUT2D eigenvalue weighted by Gasteiger charge is -2.32. The fraction of sp³-hybridized carbons (Fsp3) is 0.200. The molecule has 3 aliphatic heterocycles. The van der Waals surface area contributed by atoms with Gasteiger partial charge in [-0.15, -0.1) is 0 Å². The molecule has 16 heteroatoms. The van der Waals surface area contributed by atoms with Crippen LogP contribution in [-0.2, 0) is 27.9 Å². The van der Waals surface area contributed by atoms with E-state index in [4.69, 9.17) is 38.0 Å².